The van der Waals surface area contributed by atoms with Crippen LogP contribution < -0.4 is 15.6 Å². The third-order valence-corrected chi connectivity index (χ3v) is 3.96. The van der Waals surface area contributed by atoms with E-state index in [1.54, 1.807) is 12.1 Å². The molecule has 0 bridgehead atoms. The number of fused-ring (bicyclic) bond motifs is 1. The van der Waals surface area contributed by atoms with E-state index in [4.69, 9.17) is 4.74 Å². The fraction of sp³-hybridized carbons (Fsp3) is 0.167. The van der Waals surface area contributed by atoms with Gasteiger partial charge in [-0.3, -0.25) is 24.3 Å². The molecule has 0 unspecified atom stereocenters. The van der Waals surface area contributed by atoms with Crippen molar-refractivity contribution in [1.82, 2.24) is 9.55 Å². The summed E-state index contributed by atoms with van der Waals surface area (Å²) < 4.78 is 6.31. The average molecular weight is 368 g/mol. The van der Waals surface area contributed by atoms with Crippen LogP contribution in [0.2, 0.25) is 0 Å². The Morgan fingerprint density at radius 3 is 2.78 bits per heavy atom. The Morgan fingerprint density at radius 1 is 1.30 bits per heavy atom. The van der Waals surface area contributed by atoms with E-state index in [9.17, 15) is 19.7 Å². The Hall–Kier alpha value is -3.75. The van der Waals surface area contributed by atoms with Gasteiger partial charge in [0.05, 0.1) is 35.0 Å². The highest BCUT2D eigenvalue weighted by atomic mass is 16.6. The highest BCUT2D eigenvalue weighted by Gasteiger charge is 2.13. The fourth-order valence-electron chi connectivity index (χ4n) is 2.64. The number of rotatable bonds is 5. The molecule has 138 valence electrons. The minimum absolute atomic E-state index is 0.0765. The SMILES string of the molecule is COc1ccc(C)cc1NC(=O)Cn1cnc2ccc([N+](=O)[O-])cc2c1=O. The normalized spacial score (nSPS) is 10.6. The van der Waals surface area contributed by atoms with E-state index in [2.05, 4.69) is 10.3 Å². The van der Waals surface area contributed by atoms with Gasteiger partial charge in [-0.2, -0.15) is 0 Å². The van der Waals surface area contributed by atoms with Crippen molar-refractivity contribution >= 4 is 28.2 Å². The summed E-state index contributed by atoms with van der Waals surface area (Å²) in [4.78, 5) is 39.3. The number of nitro groups is 1. The highest BCUT2D eigenvalue weighted by Crippen LogP contribution is 2.25. The van der Waals surface area contributed by atoms with Gasteiger partial charge in [-0.15, -0.1) is 0 Å². The zero-order chi connectivity index (χ0) is 19.6. The number of hydrogen-bond acceptors (Lipinski definition) is 6. The molecule has 3 rings (SSSR count). The van der Waals surface area contributed by atoms with Crippen LogP contribution >= 0.6 is 0 Å². The maximum absolute atomic E-state index is 12.6. The van der Waals surface area contributed by atoms with E-state index < -0.39 is 16.4 Å². The van der Waals surface area contributed by atoms with Crippen LogP contribution in [0.5, 0.6) is 5.75 Å². The number of carbonyl (C=O) groups is 1. The number of anilines is 1. The van der Waals surface area contributed by atoms with Crippen molar-refractivity contribution in [3.8, 4) is 5.75 Å². The number of benzene rings is 2. The summed E-state index contributed by atoms with van der Waals surface area (Å²) in [6, 6.07) is 9.16. The predicted octanol–water partition coefficient (Wildman–Crippen LogP) is 2.26. The van der Waals surface area contributed by atoms with Crippen LogP contribution in [0.15, 0.2) is 47.5 Å². The molecular formula is C18H16N4O5. The number of nitro benzene ring substituents is 1. The average Bonchev–Trinajstić information content (AvgIpc) is 2.64. The lowest BCUT2D eigenvalue weighted by molar-refractivity contribution is -0.384. The van der Waals surface area contributed by atoms with Crippen molar-refractivity contribution in [2.24, 2.45) is 0 Å². The van der Waals surface area contributed by atoms with Gasteiger partial charge in [-0.1, -0.05) is 6.07 Å². The molecule has 9 heteroatoms. The molecule has 0 radical (unpaired) electrons. The van der Waals surface area contributed by atoms with Gasteiger partial charge >= 0.3 is 0 Å². The first-order valence-corrected chi connectivity index (χ1v) is 7.97. The van der Waals surface area contributed by atoms with Gasteiger partial charge in [0.1, 0.15) is 12.3 Å². The standard InChI is InChI=1S/C18H16N4O5/c1-11-3-6-16(27-2)15(7-11)20-17(23)9-21-10-19-14-5-4-12(22(25)26)8-13(14)18(21)24/h3-8,10H,9H2,1-2H3,(H,20,23). The number of carbonyl (C=O) groups excluding carboxylic acids is 1. The largest absolute Gasteiger partial charge is 0.495 e. The van der Waals surface area contributed by atoms with Crippen molar-refractivity contribution in [3.05, 3.63) is 68.8 Å². The topological polar surface area (TPSA) is 116 Å². The fourth-order valence-corrected chi connectivity index (χ4v) is 2.64. The summed E-state index contributed by atoms with van der Waals surface area (Å²) in [6.07, 6.45) is 1.24. The van der Waals surface area contributed by atoms with E-state index in [1.807, 2.05) is 13.0 Å². The molecule has 2 aromatic carbocycles. The van der Waals surface area contributed by atoms with E-state index in [1.165, 1.54) is 25.6 Å². The van der Waals surface area contributed by atoms with E-state index in [0.29, 0.717) is 17.0 Å². The molecule has 0 saturated carbocycles. The molecule has 0 spiro atoms. The van der Waals surface area contributed by atoms with Crippen LogP contribution in [-0.4, -0.2) is 27.5 Å². The summed E-state index contributed by atoms with van der Waals surface area (Å²) in [6.45, 7) is 1.58. The number of hydrogen-bond donors (Lipinski definition) is 1. The summed E-state index contributed by atoms with van der Waals surface area (Å²) in [5.74, 6) is 0.0427. The van der Waals surface area contributed by atoms with Gasteiger partial charge < -0.3 is 10.1 Å². The summed E-state index contributed by atoms with van der Waals surface area (Å²) in [7, 11) is 1.49. The lowest BCUT2D eigenvalue weighted by atomic mass is 10.2. The van der Waals surface area contributed by atoms with Crippen LogP contribution in [0.25, 0.3) is 10.9 Å². The first-order valence-electron chi connectivity index (χ1n) is 7.97. The molecule has 1 heterocycles. The third kappa shape index (κ3) is 3.76. The van der Waals surface area contributed by atoms with E-state index in [0.717, 1.165) is 16.2 Å². The molecule has 27 heavy (non-hydrogen) atoms. The number of ether oxygens (including phenoxy) is 1. The molecule has 0 atom stereocenters. The van der Waals surface area contributed by atoms with Crippen LogP contribution in [0, 0.1) is 17.0 Å². The van der Waals surface area contributed by atoms with Crippen LogP contribution in [0.3, 0.4) is 0 Å². The van der Waals surface area contributed by atoms with Crippen molar-refractivity contribution in [2.75, 3.05) is 12.4 Å². The predicted molar refractivity (Wildman–Crippen MR) is 99.0 cm³/mol. The van der Waals surface area contributed by atoms with Gasteiger partial charge in [0.2, 0.25) is 5.91 Å². The molecule has 9 nitrogen and oxygen atoms in total. The van der Waals surface area contributed by atoms with Gasteiger partial charge in [0.25, 0.3) is 11.2 Å². The highest BCUT2D eigenvalue weighted by molar-refractivity contribution is 5.92. The molecule has 1 N–H and O–H groups in total. The number of non-ortho nitro benzene ring substituents is 1. The molecular weight excluding hydrogens is 352 g/mol. The molecule has 1 aromatic heterocycles. The lowest BCUT2D eigenvalue weighted by Crippen LogP contribution is -2.28. The lowest BCUT2D eigenvalue weighted by Gasteiger charge is -2.12. The van der Waals surface area contributed by atoms with Gasteiger partial charge in [-0.05, 0) is 30.7 Å². The second-order valence-electron chi connectivity index (χ2n) is 5.89. The number of aryl methyl sites for hydroxylation is 1. The zero-order valence-electron chi connectivity index (χ0n) is 14.6. The summed E-state index contributed by atoms with van der Waals surface area (Å²) in [5, 5.41) is 13.7. The maximum Gasteiger partial charge on any atom is 0.270 e. The van der Waals surface area contributed by atoms with Crippen molar-refractivity contribution in [1.29, 1.82) is 0 Å². The zero-order valence-corrected chi connectivity index (χ0v) is 14.6. The minimum Gasteiger partial charge on any atom is -0.495 e. The first-order chi connectivity index (χ1) is 12.9. The van der Waals surface area contributed by atoms with Gasteiger partial charge in [0.15, 0.2) is 0 Å². The third-order valence-electron chi connectivity index (χ3n) is 3.96. The summed E-state index contributed by atoms with van der Waals surface area (Å²) >= 11 is 0. The molecule has 0 saturated heterocycles. The second-order valence-corrected chi connectivity index (χ2v) is 5.89. The number of nitrogens with zero attached hydrogens (tertiary/aromatic N) is 3. The van der Waals surface area contributed by atoms with Crippen LogP contribution in [0.4, 0.5) is 11.4 Å². The number of aromatic nitrogens is 2. The molecule has 1 amide bonds. The number of amides is 1. The summed E-state index contributed by atoms with van der Waals surface area (Å²) in [5.41, 5.74) is 0.994. The Kier molecular flexibility index (Phi) is 4.84. The van der Waals surface area contributed by atoms with Gasteiger partial charge in [0, 0.05) is 12.1 Å². The molecule has 0 aliphatic rings. The Balaban J connectivity index is 1.89. The van der Waals surface area contributed by atoms with Crippen LogP contribution in [0.1, 0.15) is 5.56 Å². The van der Waals surface area contributed by atoms with Gasteiger partial charge in [-0.25, -0.2) is 4.98 Å². The van der Waals surface area contributed by atoms with Crippen molar-refractivity contribution < 1.29 is 14.5 Å². The molecule has 0 aliphatic carbocycles. The Morgan fingerprint density at radius 2 is 2.07 bits per heavy atom. The maximum atomic E-state index is 12.6. The quantitative estimate of drug-likeness (QED) is 0.545. The first kappa shape index (κ1) is 18.1. The second kappa shape index (κ2) is 7.24. The molecule has 3 aromatic rings. The van der Waals surface area contributed by atoms with Crippen LogP contribution in [-0.2, 0) is 11.3 Å². The van der Waals surface area contributed by atoms with E-state index in [-0.39, 0.29) is 17.6 Å². The molecule has 0 aliphatic heterocycles. The monoisotopic (exact) mass is 368 g/mol. The Bertz CT molecular complexity index is 1110. The van der Waals surface area contributed by atoms with Crippen molar-refractivity contribution in [3.63, 3.8) is 0 Å². The minimum atomic E-state index is -0.590. The number of nitrogens with one attached hydrogen (secondary N) is 1. The Labute approximate surface area is 153 Å². The van der Waals surface area contributed by atoms with Crippen molar-refractivity contribution in [2.45, 2.75) is 13.5 Å². The van der Waals surface area contributed by atoms with E-state index >= 15 is 0 Å². The smallest absolute Gasteiger partial charge is 0.270 e. The number of methoxy groups -OCH3 is 1. The molecule has 0 fully saturated rings.